The maximum atomic E-state index is 11.0. The second-order valence-corrected chi connectivity index (χ2v) is 4.54. The van der Waals surface area contributed by atoms with Crippen LogP contribution >= 0.6 is 22.6 Å². The zero-order valence-corrected chi connectivity index (χ0v) is 11.9. The Labute approximate surface area is 114 Å². The first kappa shape index (κ1) is 13.9. The van der Waals surface area contributed by atoms with Crippen molar-refractivity contribution in [1.29, 1.82) is 0 Å². The van der Waals surface area contributed by atoms with Crippen molar-refractivity contribution in [1.82, 2.24) is 5.01 Å². The third kappa shape index (κ3) is 3.95. The van der Waals surface area contributed by atoms with Crippen LogP contribution in [0.1, 0.15) is 24.2 Å². The molecule has 0 saturated carbocycles. The maximum Gasteiger partial charge on any atom is 0.338 e. The molecule has 0 heterocycles. The molecule has 5 nitrogen and oxygen atoms in total. The number of hydrogen-bond acceptors (Lipinski definition) is 3. The SMILES string of the molecule is CCN(CC)N=Nc1ccc(I)cc1C(=O)O. The lowest BCUT2D eigenvalue weighted by molar-refractivity contribution is 0.0697. The molecule has 0 unspecified atom stereocenters. The minimum atomic E-state index is -0.989. The van der Waals surface area contributed by atoms with Crippen molar-refractivity contribution in [3.63, 3.8) is 0 Å². The Morgan fingerprint density at radius 2 is 2.06 bits per heavy atom. The number of carboxylic acid groups (broad SMARTS) is 1. The summed E-state index contributed by atoms with van der Waals surface area (Å²) in [6.07, 6.45) is 0. The molecular formula is C11H14IN3O2. The standard InChI is InChI=1S/C11H14IN3O2/c1-3-15(4-2)14-13-10-6-5-8(12)7-9(10)11(16)17/h5-7H,3-4H2,1-2H3,(H,16,17). The summed E-state index contributed by atoms with van der Waals surface area (Å²) in [5.41, 5.74) is 0.553. The van der Waals surface area contributed by atoms with Gasteiger partial charge in [-0.1, -0.05) is 5.22 Å². The first-order chi connectivity index (χ1) is 8.08. The van der Waals surface area contributed by atoms with Gasteiger partial charge >= 0.3 is 5.97 Å². The van der Waals surface area contributed by atoms with E-state index in [0.29, 0.717) is 5.69 Å². The molecule has 1 N–H and O–H groups in total. The monoisotopic (exact) mass is 347 g/mol. The van der Waals surface area contributed by atoms with Gasteiger partial charge in [0.1, 0.15) is 5.69 Å². The zero-order valence-electron chi connectivity index (χ0n) is 9.72. The van der Waals surface area contributed by atoms with Crippen molar-refractivity contribution in [3.05, 3.63) is 27.3 Å². The fourth-order valence-electron chi connectivity index (χ4n) is 1.23. The van der Waals surface area contributed by atoms with Crippen LogP contribution in [0.5, 0.6) is 0 Å². The van der Waals surface area contributed by atoms with E-state index in [1.807, 2.05) is 19.9 Å². The fraction of sp³-hybridized carbons (Fsp3) is 0.364. The van der Waals surface area contributed by atoms with E-state index in [2.05, 4.69) is 32.9 Å². The number of hydrogen-bond donors (Lipinski definition) is 1. The minimum absolute atomic E-state index is 0.174. The number of benzene rings is 1. The van der Waals surface area contributed by atoms with Gasteiger partial charge in [0.2, 0.25) is 0 Å². The molecule has 0 aliphatic rings. The van der Waals surface area contributed by atoms with Crippen molar-refractivity contribution in [2.24, 2.45) is 10.3 Å². The highest BCUT2D eigenvalue weighted by atomic mass is 127. The molecule has 0 spiro atoms. The van der Waals surface area contributed by atoms with Gasteiger partial charge < -0.3 is 5.11 Å². The van der Waals surface area contributed by atoms with E-state index in [1.54, 1.807) is 17.1 Å². The highest BCUT2D eigenvalue weighted by Crippen LogP contribution is 2.22. The van der Waals surface area contributed by atoms with Gasteiger partial charge in [-0.15, -0.1) is 5.11 Å². The molecule has 1 rings (SSSR count). The number of rotatable bonds is 5. The summed E-state index contributed by atoms with van der Waals surface area (Å²) in [6, 6.07) is 5.06. The highest BCUT2D eigenvalue weighted by Gasteiger charge is 2.10. The molecule has 1 aromatic carbocycles. The van der Waals surface area contributed by atoms with E-state index in [1.165, 1.54) is 0 Å². The molecule has 0 aliphatic heterocycles. The number of halogens is 1. The van der Waals surface area contributed by atoms with Crippen LogP contribution in [0.2, 0.25) is 0 Å². The lowest BCUT2D eigenvalue weighted by Crippen LogP contribution is -2.14. The smallest absolute Gasteiger partial charge is 0.338 e. The van der Waals surface area contributed by atoms with Crippen molar-refractivity contribution in [2.45, 2.75) is 13.8 Å². The van der Waals surface area contributed by atoms with Crippen LogP contribution in [0.3, 0.4) is 0 Å². The van der Waals surface area contributed by atoms with Gasteiger partial charge in [-0.2, -0.15) is 0 Å². The third-order valence-electron chi connectivity index (χ3n) is 2.20. The van der Waals surface area contributed by atoms with Crippen molar-refractivity contribution in [2.75, 3.05) is 13.1 Å². The molecule has 0 aliphatic carbocycles. The van der Waals surface area contributed by atoms with Gasteiger partial charge in [-0.3, -0.25) is 5.01 Å². The molecule has 0 amide bonds. The Morgan fingerprint density at radius 3 is 2.59 bits per heavy atom. The number of carboxylic acids is 1. The topological polar surface area (TPSA) is 65.3 Å². The lowest BCUT2D eigenvalue weighted by atomic mass is 10.2. The molecule has 0 saturated heterocycles. The summed E-state index contributed by atoms with van der Waals surface area (Å²) in [4.78, 5) is 11.0. The Morgan fingerprint density at radius 1 is 1.41 bits per heavy atom. The number of nitrogens with zero attached hydrogens (tertiary/aromatic N) is 3. The average Bonchev–Trinajstić information content (AvgIpc) is 2.31. The van der Waals surface area contributed by atoms with Crippen molar-refractivity contribution >= 4 is 34.2 Å². The molecule has 6 heteroatoms. The summed E-state index contributed by atoms with van der Waals surface area (Å²) >= 11 is 2.07. The molecule has 1 aromatic rings. The van der Waals surface area contributed by atoms with E-state index in [-0.39, 0.29) is 5.56 Å². The third-order valence-corrected chi connectivity index (χ3v) is 2.87. The second-order valence-electron chi connectivity index (χ2n) is 3.29. The van der Waals surface area contributed by atoms with E-state index >= 15 is 0 Å². The van der Waals surface area contributed by atoms with E-state index in [9.17, 15) is 4.79 Å². The van der Waals surface area contributed by atoms with Crippen LogP contribution in [0.25, 0.3) is 0 Å². The van der Waals surface area contributed by atoms with E-state index in [0.717, 1.165) is 16.7 Å². The number of aromatic carboxylic acids is 1. The molecule has 0 fully saturated rings. The van der Waals surface area contributed by atoms with Crippen molar-refractivity contribution < 1.29 is 9.90 Å². The first-order valence-corrected chi connectivity index (χ1v) is 6.35. The summed E-state index contributed by atoms with van der Waals surface area (Å²) < 4.78 is 0.863. The quantitative estimate of drug-likeness (QED) is 0.505. The molecule has 92 valence electrons. The Balaban J connectivity index is 3.01. The van der Waals surface area contributed by atoms with Crippen LogP contribution in [0, 0.1) is 3.57 Å². The maximum absolute atomic E-state index is 11.0. The van der Waals surface area contributed by atoms with Gasteiger partial charge in [-0.25, -0.2) is 4.79 Å². The van der Waals surface area contributed by atoms with E-state index in [4.69, 9.17) is 5.11 Å². The van der Waals surface area contributed by atoms with Crippen LogP contribution in [-0.4, -0.2) is 29.2 Å². The van der Waals surface area contributed by atoms with Crippen molar-refractivity contribution in [3.8, 4) is 0 Å². The molecule has 0 aromatic heterocycles. The van der Waals surface area contributed by atoms with Crippen LogP contribution in [0.15, 0.2) is 28.5 Å². The molecule has 0 bridgehead atoms. The van der Waals surface area contributed by atoms with Crippen LogP contribution < -0.4 is 0 Å². The first-order valence-electron chi connectivity index (χ1n) is 5.28. The van der Waals surface area contributed by atoms with Gasteiger partial charge in [-0.05, 0) is 54.6 Å². The van der Waals surface area contributed by atoms with Gasteiger partial charge in [0.25, 0.3) is 0 Å². The summed E-state index contributed by atoms with van der Waals surface area (Å²) in [5.74, 6) is -0.989. The van der Waals surface area contributed by atoms with Gasteiger partial charge in [0.05, 0.1) is 5.56 Å². The molecular weight excluding hydrogens is 333 g/mol. The largest absolute Gasteiger partial charge is 0.478 e. The Bertz CT molecular complexity index is 431. The average molecular weight is 347 g/mol. The van der Waals surface area contributed by atoms with Crippen LogP contribution in [0.4, 0.5) is 5.69 Å². The summed E-state index contributed by atoms with van der Waals surface area (Å²) in [7, 11) is 0. The normalized spacial score (nSPS) is 10.8. The zero-order chi connectivity index (χ0) is 12.8. The number of carbonyl (C=O) groups is 1. The summed E-state index contributed by atoms with van der Waals surface area (Å²) in [6.45, 7) is 5.42. The van der Waals surface area contributed by atoms with Gasteiger partial charge in [0, 0.05) is 16.7 Å². The molecule has 0 atom stereocenters. The predicted octanol–water partition coefficient (Wildman–Crippen LogP) is 3.33. The summed E-state index contributed by atoms with van der Waals surface area (Å²) in [5, 5.41) is 18.8. The van der Waals surface area contributed by atoms with Gasteiger partial charge in [0.15, 0.2) is 0 Å². The highest BCUT2D eigenvalue weighted by molar-refractivity contribution is 14.1. The Kier molecular flexibility index (Phi) is 5.33. The molecule has 0 radical (unpaired) electrons. The minimum Gasteiger partial charge on any atom is -0.478 e. The fourth-order valence-corrected chi connectivity index (χ4v) is 1.72. The van der Waals surface area contributed by atoms with E-state index < -0.39 is 5.97 Å². The molecule has 17 heavy (non-hydrogen) atoms. The van der Waals surface area contributed by atoms with Crippen LogP contribution in [-0.2, 0) is 0 Å². The predicted molar refractivity (Wildman–Crippen MR) is 73.6 cm³/mol. The Hall–Kier alpha value is -1.18. The second kappa shape index (κ2) is 6.53. The lowest BCUT2D eigenvalue weighted by Gasteiger charge is -2.11.